The highest BCUT2D eigenvalue weighted by Gasteiger charge is 2.38. The van der Waals surface area contributed by atoms with Crippen molar-refractivity contribution in [2.24, 2.45) is 0 Å². The van der Waals surface area contributed by atoms with Gasteiger partial charge in [0.25, 0.3) is 5.91 Å². The Hall–Kier alpha value is -2.49. The molecular weight excluding hydrogens is 326 g/mol. The first-order valence-electron chi connectivity index (χ1n) is 9.42. The summed E-state index contributed by atoms with van der Waals surface area (Å²) in [6.07, 6.45) is 2.60. The van der Waals surface area contributed by atoms with E-state index >= 15 is 0 Å². The number of amides is 1. The van der Waals surface area contributed by atoms with Crippen LogP contribution in [0.25, 0.3) is 0 Å². The maximum Gasteiger partial charge on any atom is 0.251 e. The molecule has 0 saturated heterocycles. The average Bonchev–Trinajstić information content (AvgIpc) is 2.68. The van der Waals surface area contributed by atoms with Crippen LogP contribution < -0.4 is 14.8 Å². The number of para-hydroxylation sites is 1. The fourth-order valence-corrected chi connectivity index (χ4v) is 3.54. The lowest BCUT2D eigenvalue weighted by Crippen LogP contribution is -2.44. The summed E-state index contributed by atoms with van der Waals surface area (Å²) in [7, 11) is 0. The van der Waals surface area contributed by atoms with Crippen LogP contribution in [-0.2, 0) is 0 Å². The Morgan fingerprint density at radius 3 is 2.46 bits per heavy atom. The van der Waals surface area contributed by atoms with Gasteiger partial charge in [0.15, 0.2) is 0 Å². The average molecular weight is 353 g/mol. The number of ether oxygens (including phenoxy) is 2. The molecule has 0 fully saturated rings. The number of rotatable bonds is 6. The molecule has 1 atom stereocenters. The highest BCUT2D eigenvalue weighted by molar-refractivity contribution is 5.94. The third-order valence-corrected chi connectivity index (χ3v) is 5.22. The number of hydrogen-bond donors (Lipinski definition) is 1. The second-order valence-electron chi connectivity index (χ2n) is 6.72. The summed E-state index contributed by atoms with van der Waals surface area (Å²) in [5.41, 5.74) is 1.45. The highest BCUT2D eigenvalue weighted by Crippen LogP contribution is 2.42. The first kappa shape index (κ1) is 18.3. The normalized spacial score (nSPS) is 17.7. The fourth-order valence-electron chi connectivity index (χ4n) is 3.54. The van der Waals surface area contributed by atoms with Crippen molar-refractivity contribution in [2.45, 2.75) is 51.7 Å². The van der Waals surface area contributed by atoms with Crippen LogP contribution in [0.5, 0.6) is 11.5 Å². The predicted molar refractivity (Wildman–Crippen MR) is 103 cm³/mol. The van der Waals surface area contributed by atoms with Crippen molar-refractivity contribution in [3.8, 4) is 11.5 Å². The first-order valence-corrected chi connectivity index (χ1v) is 9.42. The molecule has 4 nitrogen and oxygen atoms in total. The minimum Gasteiger partial charge on any atom is -0.494 e. The van der Waals surface area contributed by atoms with E-state index in [1.165, 1.54) is 0 Å². The molecule has 138 valence electrons. The van der Waals surface area contributed by atoms with Crippen LogP contribution in [-0.4, -0.2) is 18.1 Å². The van der Waals surface area contributed by atoms with Crippen molar-refractivity contribution in [3.63, 3.8) is 0 Å². The zero-order valence-corrected chi connectivity index (χ0v) is 15.7. The van der Waals surface area contributed by atoms with Gasteiger partial charge in [-0.05, 0) is 50.1 Å². The molecular formula is C22H27NO3. The predicted octanol–water partition coefficient (Wildman–Crippen LogP) is 4.90. The van der Waals surface area contributed by atoms with Crippen molar-refractivity contribution in [3.05, 3.63) is 59.7 Å². The fraction of sp³-hybridized carbons (Fsp3) is 0.409. The van der Waals surface area contributed by atoms with Gasteiger partial charge in [-0.15, -0.1) is 0 Å². The summed E-state index contributed by atoms with van der Waals surface area (Å²) in [5.74, 6) is 1.58. The zero-order valence-electron chi connectivity index (χ0n) is 15.7. The summed E-state index contributed by atoms with van der Waals surface area (Å²) in [4.78, 5) is 12.8. The van der Waals surface area contributed by atoms with Gasteiger partial charge >= 0.3 is 0 Å². The summed E-state index contributed by atoms with van der Waals surface area (Å²) in [5, 5.41) is 3.21. The van der Waals surface area contributed by atoms with Gasteiger partial charge in [-0.25, -0.2) is 0 Å². The topological polar surface area (TPSA) is 47.6 Å². The van der Waals surface area contributed by atoms with Gasteiger partial charge in [-0.2, -0.15) is 0 Å². The molecule has 26 heavy (non-hydrogen) atoms. The largest absolute Gasteiger partial charge is 0.494 e. The second-order valence-corrected chi connectivity index (χ2v) is 6.72. The molecule has 1 amide bonds. The van der Waals surface area contributed by atoms with Crippen molar-refractivity contribution in [2.75, 3.05) is 6.61 Å². The zero-order chi connectivity index (χ0) is 18.6. The molecule has 0 aliphatic carbocycles. The molecule has 0 unspecified atom stereocenters. The SMILES string of the molecule is CCOc1ccc(C(=O)N[C@H]2CC(CC)(CC)Oc3ccccc32)cc1. The Balaban J connectivity index is 1.82. The molecule has 3 rings (SSSR count). The molecule has 1 heterocycles. The molecule has 0 bridgehead atoms. The monoisotopic (exact) mass is 353 g/mol. The van der Waals surface area contributed by atoms with E-state index in [2.05, 4.69) is 19.2 Å². The van der Waals surface area contributed by atoms with Gasteiger partial charge < -0.3 is 14.8 Å². The molecule has 1 N–H and O–H groups in total. The van der Waals surface area contributed by atoms with Crippen LogP contribution in [0.3, 0.4) is 0 Å². The van der Waals surface area contributed by atoms with Gasteiger partial charge in [0.1, 0.15) is 17.1 Å². The molecule has 2 aromatic rings. The Bertz CT molecular complexity index is 750. The van der Waals surface area contributed by atoms with Crippen LogP contribution in [0.4, 0.5) is 0 Å². The van der Waals surface area contributed by atoms with Gasteiger partial charge in [0, 0.05) is 17.5 Å². The minimum absolute atomic E-state index is 0.0566. The van der Waals surface area contributed by atoms with Crippen LogP contribution in [0, 0.1) is 0 Å². The minimum atomic E-state index is -0.231. The smallest absolute Gasteiger partial charge is 0.251 e. The molecule has 1 aliphatic heterocycles. The number of carbonyl (C=O) groups is 1. The molecule has 0 spiro atoms. The molecule has 1 aliphatic rings. The third kappa shape index (κ3) is 3.69. The number of hydrogen-bond acceptors (Lipinski definition) is 3. The van der Waals surface area contributed by atoms with Crippen LogP contribution >= 0.6 is 0 Å². The van der Waals surface area contributed by atoms with Gasteiger partial charge in [0.05, 0.1) is 12.6 Å². The van der Waals surface area contributed by atoms with Crippen molar-refractivity contribution in [1.29, 1.82) is 0 Å². The van der Waals surface area contributed by atoms with E-state index < -0.39 is 0 Å². The van der Waals surface area contributed by atoms with Crippen molar-refractivity contribution >= 4 is 5.91 Å². The number of carbonyl (C=O) groups excluding carboxylic acids is 1. The summed E-state index contributed by atoms with van der Waals surface area (Å²) in [6.45, 7) is 6.84. The van der Waals surface area contributed by atoms with E-state index in [-0.39, 0.29) is 17.6 Å². The lowest BCUT2D eigenvalue weighted by atomic mass is 9.83. The Kier molecular flexibility index (Phi) is 5.50. The van der Waals surface area contributed by atoms with Crippen LogP contribution in [0.15, 0.2) is 48.5 Å². The Morgan fingerprint density at radius 2 is 1.81 bits per heavy atom. The molecule has 4 heteroatoms. The second kappa shape index (κ2) is 7.81. The van der Waals surface area contributed by atoms with Crippen LogP contribution in [0.2, 0.25) is 0 Å². The van der Waals surface area contributed by atoms with Crippen molar-refractivity contribution in [1.82, 2.24) is 5.32 Å². The van der Waals surface area contributed by atoms with Crippen molar-refractivity contribution < 1.29 is 14.3 Å². The molecule has 2 aromatic carbocycles. The number of nitrogens with one attached hydrogen (secondary N) is 1. The Labute approximate surface area is 155 Å². The van der Waals surface area contributed by atoms with Gasteiger partial charge in [-0.3, -0.25) is 4.79 Å². The summed E-state index contributed by atoms with van der Waals surface area (Å²) in [6, 6.07) is 15.2. The van der Waals surface area contributed by atoms with Gasteiger partial charge in [-0.1, -0.05) is 32.0 Å². The standard InChI is InChI=1S/C22H27NO3/c1-4-22(5-2)15-19(18-9-7-8-10-20(18)26-22)23-21(24)16-11-13-17(14-12-16)25-6-3/h7-14,19H,4-6,15H2,1-3H3,(H,23,24)/t19-/m0/s1. The number of benzene rings is 2. The molecule has 0 saturated carbocycles. The highest BCUT2D eigenvalue weighted by atomic mass is 16.5. The van der Waals surface area contributed by atoms with E-state index in [1.807, 2.05) is 43.3 Å². The third-order valence-electron chi connectivity index (χ3n) is 5.22. The lowest BCUT2D eigenvalue weighted by Gasteiger charge is -2.41. The first-order chi connectivity index (χ1) is 12.6. The van der Waals surface area contributed by atoms with E-state index in [4.69, 9.17) is 9.47 Å². The van der Waals surface area contributed by atoms with E-state index in [1.54, 1.807) is 12.1 Å². The quantitative estimate of drug-likeness (QED) is 0.804. The van der Waals surface area contributed by atoms with Gasteiger partial charge in [0.2, 0.25) is 0 Å². The maximum atomic E-state index is 12.8. The van der Waals surface area contributed by atoms with E-state index in [0.717, 1.165) is 36.3 Å². The summed E-state index contributed by atoms with van der Waals surface area (Å²) >= 11 is 0. The Morgan fingerprint density at radius 1 is 1.12 bits per heavy atom. The summed E-state index contributed by atoms with van der Waals surface area (Å²) < 4.78 is 11.8. The lowest BCUT2D eigenvalue weighted by molar-refractivity contribution is 0.0227. The molecule has 0 radical (unpaired) electrons. The maximum absolute atomic E-state index is 12.8. The van der Waals surface area contributed by atoms with E-state index in [9.17, 15) is 4.79 Å². The van der Waals surface area contributed by atoms with Crippen LogP contribution in [0.1, 0.15) is 62.0 Å². The number of fused-ring (bicyclic) bond motifs is 1. The van der Waals surface area contributed by atoms with E-state index in [0.29, 0.717) is 12.2 Å². The molecule has 0 aromatic heterocycles.